The van der Waals surface area contributed by atoms with Crippen LogP contribution in [-0.4, -0.2) is 35.4 Å². The fourth-order valence-electron chi connectivity index (χ4n) is 3.08. The van der Waals surface area contributed by atoms with Crippen LogP contribution in [-0.2, 0) is 16.1 Å². The van der Waals surface area contributed by atoms with E-state index in [9.17, 15) is 9.59 Å². The van der Waals surface area contributed by atoms with E-state index in [0.29, 0.717) is 23.7 Å². The average Bonchev–Trinajstić information content (AvgIpc) is 2.74. The number of hydrogen-bond acceptors (Lipinski definition) is 3. The molecule has 0 aliphatic carbocycles. The number of carbonyl (C=O) groups is 2. The first kappa shape index (κ1) is 23.7. The first-order valence-corrected chi connectivity index (χ1v) is 10.8. The maximum atomic E-state index is 13.1. The summed E-state index contributed by atoms with van der Waals surface area (Å²) in [5.41, 5.74) is 1.84. The molecule has 0 spiro atoms. The third kappa shape index (κ3) is 6.77. The zero-order chi connectivity index (χ0) is 22.1. The number of hydrogen-bond donors (Lipinski definition) is 1. The minimum Gasteiger partial charge on any atom is -0.484 e. The Kier molecular flexibility index (Phi) is 9.18. The van der Waals surface area contributed by atoms with E-state index >= 15 is 0 Å². The molecular formula is C24H31ClN2O3. The summed E-state index contributed by atoms with van der Waals surface area (Å²) in [6.07, 6.45) is 1.34. The van der Waals surface area contributed by atoms with E-state index < -0.39 is 6.04 Å². The number of nitrogens with zero attached hydrogens (tertiary/aromatic N) is 1. The van der Waals surface area contributed by atoms with Gasteiger partial charge in [-0.1, -0.05) is 55.8 Å². The van der Waals surface area contributed by atoms with Crippen molar-refractivity contribution in [2.45, 2.75) is 59.2 Å². The second-order valence-electron chi connectivity index (χ2n) is 7.45. The fourth-order valence-corrected chi connectivity index (χ4v) is 3.19. The van der Waals surface area contributed by atoms with Crippen LogP contribution in [0.1, 0.15) is 44.7 Å². The van der Waals surface area contributed by atoms with Gasteiger partial charge in [-0.3, -0.25) is 9.59 Å². The van der Waals surface area contributed by atoms with E-state index in [4.69, 9.17) is 16.3 Å². The van der Waals surface area contributed by atoms with Crippen molar-refractivity contribution in [3.8, 4) is 5.75 Å². The van der Waals surface area contributed by atoms with Crippen molar-refractivity contribution >= 4 is 23.4 Å². The number of amides is 2. The lowest BCUT2D eigenvalue weighted by Gasteiger charge is -2.31. The molecule has 0 saturated heterocycles. The van der Waals surface area contributed by atoms with Crippen molar-refractivity contribution in [2.24, 2.45) is 0 Å². The molecule has 1 N–H and O–H groups in total. The van der Waals surface area contributed by atoms with Gasteiger partial charge < -0.3 is 15.0 Å². The summed E-state index contributed by atoms with van der Waals surface area (Å²) >= 11 is 6.06. The normalized spacial score (nSPS) is 12.7. The lowest BCUT2D eigenvalue weighted by atomic mass is 10.1. The Morgan fingerprint density at radius 1 is 1.10 bits per heavy atom. The van der Waals surface area contributed by atoms with Crippen LogP contribution in [0, 0.1) is 6.92 Å². The van der Waals surface area contributed by atoms with Gasteiger partial charge in [-0.05, 0) is 56.0 Å². The topological polar surface area (TPSA) is 58.6 Å². The van der Waals surface area contributed by atoms with Gasteiger partial charge in [-0.15, -0.1) is 0 Å². The number of nitrogens with one attached hydrogen (secondary N) is 1. The Morgan fingerprint density at radius 2 is 1.80 bits per heavy atom. The van der Waals surface area contributed by atoms with E-state index in [1.54, 1.807) is 23.1 Å². The summed E-state index contributed by atoms with van der Waals surface area (Å²) in [7, 11) is 0. The molecule has 6 heteroatoms. The van der Waals surface area contributed by atoms with Crippen LogP contribution in [0.15, 0.2) is 48.5 Å². The molecule has 2 amide bonds. The first-order chi connectivity index (χ1) is 14.3. The third-order valence-electron chi connectivity index (χ3n) is 5.07. The zero-order valence-electron chi connectivity index (χ0n) is 18.2. The zero-order valence-corrected chi connectivity index (χ0v) is 18.9. The molecule has 0 fully saturated rings. The molecule has 2 atom stereocenters. The van der Waals surface area contributed by atoms with Gasteiger partial charge in [0.15, 0.2) is 6.61 Å². The average molecular weight is 431 g/mol. The van der Waals surface area contributed by atoms with E-state index in [-0.39, 0.29) is 24.5 Å². The molecule has 2 rings (SSSR count). The number of halogens is 1. The maximum absolute atomic E-state index is 13.1. The summed E-state index contributed by atoms with van der Waals surface area (Å²) in [6, 6.07) is 14.4. The molecule has 5 nitrogen and oxygen atoms in total. The second kappa shape index (κ2) is 11.6. The third-order valence-corrected chi connectivity index (χ3v) is 5.50. The molecule has 0 aromatic heterocycles. The van der Waals surface area contributed by atoms with Crippen LogP contribution in [0.5, 0.6) is 5.75 Å². The molecule has 0 unspecified atom stereocenters. The highest BCUT2D eigenvalue weighted by Gasteiger charge is 2.29. The lowest BCUT2D eigenvalue weighted by Crippen LogP contribution is -2.51. The van der Waals surface area contributed by atoms with Crippen molar-refractivity contribution in [1.29, 1.82) is 0 Å². The summed E-state index contributed by atoms with van der Waals surface area (Å²) in [5, 5.41) is 3.65. The highest BCUT2D eigenvalue weighted by atomic mass is 35.5. The standard InChI is InChI=1S/C24H31ClN2O3/c1-5-18(4)26-24(29)22(6-2)27(15-19-10-8-7-9-11-19)23(28)16-30-20-12-13-21(25)17(3)14-20/h7-14,18,22H,5-6,15-16H2,1-4H3,(H,26,29)/t18-,22-/m1/s1. The Bertz CT molecular complexity index is 842. The summed E-state index contributed by atoms with van der Waals surface area (Å²) in [6.45, 7) is 7.96. The quantitative estimate of drug-likeness (QED) is 0.591. The van der Waals surface area contributed by atoms with Crippen LogP contribution in [0.4, 0.5) is 0 Å². The Balaban J connectivity index is 2.18. The molecule has 0 bridgehead atoms. The highest BCUT2D eigenvalue weighted by Crippen LogP contribution is 2.21. The fraction of sp³-hybridized carbons (Fsp3) is 0.417. The summed E-state index contributed by atoms with van der Waals surface area (Å²) in [4.78, 5) is 27.6. The van der Waals surface area contributed by atoms with Crippen molar-refractivity contribution in [1.82, 2.24) is 10.2 Å². The van der Waals surface area contributed by atoms with Gasteiger partial charge in [0, 0.05) is 17.6 Å². The van der Waals surface area contributed by atoms with E-state index in [0.717, 1.165) is 17.5 Å². The first-order valence-electron chi connectivity index (χ1n) is 10.4. The molecule has 0 saturated carbocycles. The summed E-state index contributed by atoms with van der Waals surface area (Å²) < 4.78 is 5.72. The van der Waals surface area contributed by atoms with Gasteiger partial charge in [0.2, 0.25) is 5.91 Å². The van der Waals surface area contributed by atoms with Gasteiger partial charge in [0.25, 0.3) is 5.91 Å². The van der Waals surface area contributed by atoms with Crippen LogP contribution in [0.25, 0.3) is 0 Å². The Labute approximate surface area is 184 Å². The SMILES string of the molecule is CC[C@@H](C)NC(=O)[C@@H](CC)N(Cc1ccccc1)C(=O)COc1ccc(Cl)c(C)c1. The molecule has 162 valence electrons. The van der Waals surface area contributed by atoms with E-state index in [2.05, 4.69) is 5.32 Å². The molecule has 30 heavy (non-hydrogen) atoms. The van der Waals surface area contributed by atoms with Crippen molar-refractivity contribution in [3.05, 3.63) is 64.7 Å². The van der Waals surface area contributed by atoms with E-state index in [1.165, 1.54) is 0 Å². The van der Waals surface area contributed by atoms with Gasteiger partial charge >= 0.3 is 0 Å². The van der Waals surface area contributed by atoms with Gasteiger partial charge in [0.1, 0.15) is 11.8 Å². The van der Waals surface area contributed by atoms with Crippen molar-refractivity contribution < 1.29 is 14.3 Å². The number of rotatable bonds is 10. The monoisotopic (exact) mass is 430 g/mol. The lowest BCUT2D eigenvalue weighted by molar-refractivity contribution is -0.143. The molecule has 0 aliphatic heterocycles. The minimum atomic E-state index is -0.567. The molecule has 0 heterocycles. The molecule has 0 radical (unpaired) electrons. The minimum absolute atomic E-state index is 0.0496. The summed E-state index contributed by atoms with van der Waals surface area (Å²) in [5.74, 6) is 0.193. The molecule has 2 aromatic carbocycles. The second-order valence-corrected chi connectivity index (χ2v) is 7.86. The van der Waals surface area contributed by atoms with Crippen molar-refractivity contribution in [3.63, 3.8) is 0 Å². The predicted molar refractivity (Wildman–Crippen MR) is 121 cm³/mol. The van der Waals surface area contributed by atoms with Gasteiger partial charge in [-0.25, -0.2) is 0 Å². The number of benzene rings is 2. The molecular weight excluding hydrogens is 400 g/mol. The number of ether oxygens (including phenoxy) is 1. The smallest absolute Gasteiger partial charge is 0.261 e. The number of aryl methyl sites for hydroxylation is 1. The number of carbonyl (C=O) groups excluding carboxylic acids is 2. The highest BCUT2D eigenvalue weighted by molar-refractivity contribution is 6.31. The Hall–Kier alpha value is -2.53. The van der Waals surface area contributed by atoms with E-state index in [1.807, 2.05) is 58.0 Å². The van der Waals surface area contributed by atoms with Crippen LogP contribution >= 0.6 is 11.6 Å². The maximum Gasteiger partial charge on any atom is 0.261 e. The van der Waals surface area contributed by atoms with Crippen LogP contribution in [0.3, 0.4) is 0 Å². The van der Waals surface area contributed by atoms with Crippen molar-refractivity contribution in [2.75, 3.05) is 6.61 Å². The largest absolute Gasteiger partial charge is 0.484 e. The van der Waals surface area contributed by atoms with Crippen LogP contribution < -0.4 is 10.1 Å². The Morgan fingerprint density at radius 3 is 2.40 bits per heavy atom. The molecule has 2 aromatic rings. The predicted octanol–water partition coefficient (Wildman–Crippen LogP) is 4.75. The van der Waals surface area contributed by atoms with Crippen LogP contribution in [0.2, 0.25) is 5.02 Å². The molecule has 0 aliphatic rings. The van der Waals surface area contributed by atoms with Gasteiger partial charge in [-0.2, -0.15) is 0 Å². The van der Waals surface area contributed by atoms with Gasteiger partial charge in [0.05, 0.1) is 0 Å².